The van der Waals surface area contributed by atoms with Gasteiger partial charge in [-0.3, -0.25) is 4.79 Å². The summed E-state index contributed by atoms with van der Waals surface area (Å²) in [5.74, 6) is -6.50. The van der Waals surface area contributed by atoms with Gasteiger partial charge in [-0.2, -0.15) is 0 Å². The van der Waals surface area contributed by atoms with Crippen molar-refractivity contribution in [3.05, 3.63) is 64.2 Å². The van der Waals surface area contributed by atoms with Gasteiger partial charge in [-0.25, -0.2) is 22.4 Å². The molecule has 0 fully saturated rings. The van der Waals surface area contributed by atoms with Gasteiger partial charge in [0.2, 0.25) is 0 Å². The van der Waals surface area contributed by atoms with Gasteiger partial charge in [0.1, 0.15) is 11.6 Å². The topological polar surface area (TPSA) is 55.4 Å². The largest absolute Gasteiger partial charge is 0.452 e. The van der Waals surface area contributed by atoms with Crippen LogP contribution in [0.25, 0.3) is 0 Å². The predicted molar refractivity (Wildman–Crippen MR) is 76.6 cm³/mol. The van der Waals surface area contributed by atoms with E-state index in [0.717, 1.165) is 12.1 Å². The lowest BCUT2D eigenvalue weighted by molar-refractivity contribution is -0.119. The monoisotopic (exact) mass is 361 g/mol. The van der Waals surface area contributed by atoms with Crippen molar-refractivity contribution in [3.8, 4) is 0 Å². The van der Waals surface area contributed by atoms with Crippen LogP contribution in [0, 0.1) is 23.3 Å². The molecule has 0 unspecified atom stereocenters. The minimum absolute atomic E-state index is 0.316. The molecule has 0 atom stereocenters. The molecular weight excluding hydrogens is 354 g/mol. The molecule has 9 heteroatoms. The number of benzene rings is 2. The van der Waals surface area contributed by atoms with Gasteiger partial charge < -0.3 is 10.1 Å². The minimum atomic E-state index is -1.32. The van der Waals surface area contributed by atoms with Crippen LogP contribution in [0.15, 0.2) is 30.3 Å². The Balaban J connectivity index is 1.99. The molecular formula is C15H8ClF4NO3. The highest BCUT2D eigenvalue weighted by Gasteiger charge is 2.18. The van der Waals surface area contributed by atoms with Crippen LogP contribution in [0.2, 0.25) is 5.02 Å². The van der Waals surface area contributed by atoms with Crippen LogP contribution in [-0.2, 0) is 9.53 Å². The predicted octanol–water partition coefficient (Wildman–Crippen LogP) is 3.69. The Bertz CT molecular complexity index is 814. The van der Waals surface area contributed by atoms with Gasteiger partial charge in [-0.1, -0.05) is 11.6 Å². The molecule has 2 rings (SSSR count). The molecule has 1 N–H and O–H groups in total. The summed E-state index contributed by atoms with van der Waals surface area (Å²) in [6.07, 6.45) is 0. The van der Waals surface area contributed by atoms with E-state index in [9.17, 15) is 27.2 Å². The van der Waals surface area contributed by atoms with Crippen molar-refractivity contribution >= 4 is 29.2 Å². The highest BCUT2D eigenvalue weighted by Crippen LogP contribution is 2.21. The molecule has 0 aliphatic rings. The lowest BCUT2D eigenvalue weighted by Crippen LogP contribution is -2.21. The zero-order valence-electron chi connectivity index (χ0n) is 11.7. The molecule has 126 valence electrons. The second-order valence-corrected chi connectivity index (χ2v) is 4.90. The second-order valence-electron chi connectivity index (χ2n) is 4.49. The molecule has 0 aliphatic carbocycles. The molecule has 4 nitrogen and oxygen atoms in total. The number of ether oxygens (including phenoxy) is 1. The average Bonchev–Trinajstić information content (AvgIpc) is 2.51. The molecule has 0 aliphatic heterocycles. The number of rotatable bonds is 4. The molecule has 2 aromatic carbocycles. The first-order valence-electron chi connectivity index (χ1n) is 6.34. The summed E-state index contributed by atoms with van der Waals surface area (Å²) in [5.41, 5.74) is -0.792. The van der Waals surface area contributed by atoms with Crippen LogP contribution in [0.5, 0.6) is 0 Å². The molecule has 1 amide bonds. The van der Waals surface area contributed by atoms with Crippen molar-refractivity contribution < 1.29 is 31.9 Å². The van der Waals surface area contributed by atoms with E-state index in [4.69, 9.17) is 11.6 Å². The van der Waals surface area contributed by atoms with Crippen molar-refractivity contribution in [3.63, 3.8) is 0 Å². The Hall–Kier alpha value is -2.61. The number of hydrogen-bond acceptors (Lipinski definition) is 3. The first-order chi connectivity index (χ1) is 11.3. The SMILES string of the molecule is O=C(COC(=O)c1cc(F)c(F)cc1Cl)Nc1ccc(F)cc1F. The van der Waals surface area contributed by atoms with E-state index in [1.54, 1.807) is 0 Å². The van der Waals surface area contributed by atoms with Gasteiger partial charge in [0.25, 0.3) is 5.91 Å². The standard InChI is InChI=1S/C15H8ClF4NO3/c16-9-5-11(19)10(18)4-8(9)15(23)24-6-14(22)21-13-2-1-7(17)3-12(13)20/h1-5H,6H2,(H,21,22). The van der Waals surface area contributed by atoms with E-state index in [0.29, 0.717) is 18.2 Å². The first-order valence-corrected chi connectivity index (χ1v) is 6.72. The van der Waals surface area contributed by atoms with E-state index in [1.165, 1.54) is 0 Å². The molecule has 0 spiro atoms. The Morgan fingerprint density at radius 3 is 2.33 bits per heavy atom. The summed E-state index contributed by atoms with van der Waals surface area (Å²) in [5, 5.41) is 1.66. The number of hydrogen-bond donors (Lipinski definition) is 1. The number of carbonyl (C=O) groups excluding carboxylic acids is 2. The van der Waals surface area contributed by atoms with E-state index in [2.05, 4.69) is 10.1 Å². The van der Waals surface area contributed by atoms with Gasteiger partial charge in [0.15, 0.2) is 18.2 Å². The Kier molecular flexibility index (Phi) is 5.40. The van der Waals surface area contributed by atoms with Gasteiger partial charge in [0, 0.05) is 6.07 Å². The van der Waals surface area contributed by atoms with E-state index >= 15 is 0 Å². The van der Waals surface area contributed by atoms with Gasteiger partial charge in [-0.05, 0) is 24.3 Å². The van der Waals surface area contributed by atoms with E-state index < -0.39 is 52.3 Å². The molecule has 2 aromatic rings. The molecule has 0 bridgehead atoms. The van der Waals surface area contributed by atoms with Gasteiger partial charge in [-0.15, -0.1) is 0 Å². The first kappa shape index (κ1) is 17.7. The van der Waals surface area contributed by atoms with Gasteiger partial charge in [0.05, 0.1) is 16.3 Å². The van der Waals surface area contributed by atoms with E-state index in [1.807, 2.05) is 0 Å². The van der Waals surface area contributed by atoms with Crippen LogP contribution in [0.4, 0.5) is 23.2 Å². The summed E-state index contributed by atoms with van der Waals surface area (Å²) in [4.78, 5) is 23.3. The maximum atomic E-state index is 13.4. The number of amides is 1. The number of esters is 1. The summed E-state index contributed by atoms with van der Waals surface area (Å²) in [7, 11) is 0. The normalized spacial score (nSPS) is 10.4. The van der Waals surface area contributed by atoms with Crippen LogP contribution in [-0.4, -0.2) is 18.5 Å². The molecule has 24 heavy (non-hydrogen) atoms. The maximum Gasteiger partial charge on any atom is 0.340 e. The molecule has 0 aromatic heterocycles. The summed E-state index contributed by atoms with van der Waals surface area (Å²) in [6, 6.07) is 3.57. The Morgan fingerprint density at radius 2 is 1.67 bits per heavy atom. The number of halogens is 5. The van der Waals surface area contributed by atoms with Crippen molar-refractivity contribution in [1.82, 2.24) is 0 Å². The number of anilines is 1. The molecule has 0 saturated carbocycles. The lowest BCUT2D eigenvalue weighted by atomic mass is 10.2. The van der Waals surface area contributed by atoms with Crippen LogP contribution in [0.3, 0.4) is 0 Å². The fourth-order valence-electron chi connectivity index (χ4n) is 1.66. The van der Waals surface area contributed by atoms with Crippen molar-refractivity contribution in [2.45, 2.75) is 0 Å². The fraction of sp³-hybridized carbons (Fsp3) is 0.0667. The lowest BCUT2D eigenvalue weighted by Gasteiger charge is -2.08. The molecule has 0 saturated heterocycles. The zero-order chi connectivity index (χ0) is 17.9. The highest BCUT2D eigenvalue weighted by atomic mass is 35.5. The Morgan fingerprint density at radius 1 is 1.00 bits per heavy atom. The van der Waals surface area contributed by atoms with Crippen LogP contribution < -0.4 is 5.32 Å². The average molecular weight is 362 g/mol. The number of carbonyl (C=O) groups is 2. The minimum Gasteiger partial charge on any atom is -0.452 e. The number of nitrogens with one attached hydrogen (secondary N) is 1. The van der Waals surface area contributed by atoms with Crippen molar-refractivity contribution in [1.29, 1.82) is 0 Å². The third-order valence-electron chi connectivity index (χ3n) is 2.77. The molecule has 0 heterocycles. The van der Waals surface area contributed by atoms with Crippen molar-refractivity contribution in [2.75, 3.05) is 11.9 Å². The summed E-state index contributed by atoms with van der Waals surface area (Å²) >= 11 is 5.58. The van der Waals surface area contributed by atoms with E-state index in [-0.39, 0.29) is 5.69 Å². The highest BCUT2D eigenvalue weighted by molar-refractivity contribution is 6.33. The summed E-state index contributed by atoms with van der Waals surface area (Å²) < 4.78 is 56.7. The van der Waals surface area contributed by atoms with Crippen LogP contribution >= 0.6 is 11.6 Å². The quantitative estimate of drug-likeness (QED) is 0.513. The second kappa shape index (κ2) is 7.31. The smallest absolute Gasteiger partial charge is 0.340 e. The van der Waals surface area contributed by atoms with Gasteiger partial charge >= 0.3 is 5.97 Å². The summed E-state index contributed by atoms with van der Waals surface area (Å²) in [6.45, 7) is -0.842. The zero-order valence-corrected chi connectivity index (χ0v) is 12.5. The fourth-order valence-corrected chi connectivity index (χ4v) is 1.89. The maximum absolute atomic E-state index is 13.4. The third-order valence-corrected chi connectivity index (χ3v) is 3.08. The van der Waals surface area contributed by atoms with Crippen LogP contribution in [0.1, 0.15) is 10.4 Å². The third kappa shape index (κ3) is 4.23. The van der Waals surface area contributed by atoms with Crippen molar-refractivity contribution in [2.24, 2.45) is 0 Å². The molecule has 0 radical (unpaired) electrons. The Labute approximate surface area is 138 Å².